The van der Waals surface area contributed by atoms with E-state index in [0.717, 1.165) is 11.3 Å². The average Bonchev–Trinajstić information content (AvgIpc) is 2.61. The number of hydrogen-bond acceptors (Lipinski definition) is 4. The van der Waals surface area contributed by atoms with Crippen molar-refractivity contribution in [3.05, 3.63) is 16.4 Å². The summed E-state index contributed by atoms with van der Waals surface area (Å²) in [4.78, 5) is 11.7. The fourth-order valence-corrected chi connectivity index (χ4v) is 2.19. The molecular formula is C14H25ClN4O2. The summed E-state index contributed by atoms with van der Waals surface area (Å²) in [6.07, 6.45) is -0.496. The van der Waals surface area contributed by atoms with Crippen molar-refractivity contribution in [2.24, 2.45) is 12.8 Å². The second kappa shape index (κ2) is 6.66. The minimum absolute atomic E-state index is 0.200. The first-order valence-corrected chi connectivity index (χ1v) is 7.35. The molecule has 1 rings (SSSR count). The Bertz CT molecular complexity index is 506. The Morgan fingerprint density at radius 1 is 1.48 bits per heavy atom. The van der Waals surface area contributed by atoms with Gasteiger partial charge >= 0.3 is 6.09 Å². The first kappa shape index (κ1) is 17.8. The van der Waals surface area contributed by atoms with Crippen molar-refractivity contribution >= 4 is 17.7 Å². The summed E-state index contributed by atoms with van der Waals surface area (Å²) in [6.45, 7) is 9.70. The Balaban J connectivity index is 2.77. The molecule has 0 fully saturated rings. The zero-order valence-electron chi connectivity index (χ0n) is 13.5. The van der Waals surface area contributed by atoms with Crippen molar-refractivity contribution in [2.75, 3.05) is 6.54 Å². The van der Waals surface area contributed by atoms with E-state index in [2.05, 4.69) is 10.4 Å². The number of ether oxygens (including phenoxy) is 1. The molecule has 1 heterocycles. The fourth-order valence-electron chi connectivity index (χ4n) is 1.92. The quantitative estimate of drug-likeness (QED) is 0.894. The van der Waals surface area contributed by atoms with Crippen molar-refractivity contribution in [3.8, 4) is 0 Å². The molecule has 0 aliphatic carbocycles. The van der Waals surface area contributed by atoms with E-state index in [9.17, 15) is 4.79 Å². The number of alkyl carbamates (subject to hydrolysis) is 1. The molecule has 0 aliphatic heterocycles. The third-order valence-electron chi connectivity index (χ3n) is 2.82. The van der Waals surface area contributed by atoms with Crippen molar-refractivity contribution in [2.45, 2.75) is 52.2 Å². The van der Waals surface area contributed by atoms with Crippen LogP contribution in [0.4, 0.5) is 4.79 Å². The molecule has 120 valence electrons. The number of nitrogens with one attached hydrogen (secondary N) is 1. The van der Waals surface area contributed by atoms with Crippen LogP contribution in [0.1, 0.15) is 57.8 Å². The molecule has 0 saturated carbocycles. The summed E-state index contributed by atoms with van der Waals surface area (Å²) in [5.74, 6) is 0.200. The Labute approximate surface area is 131 Å². The van der Waals surface area contributed by atoms with Gasteiger partial charge in [-0.3, -0.25) is 4.68 Å². The van der Waals surface area contributed by atoms with E-state index in [1.807, 2.05) is 13.8 Å². The topological polar surface area (TPSA) is 82.2 Å². The van der Waals surface area contributed by atoms with Gasteiger partial charge in [-0.1, -0.05) is 25.4 Å². The van der Waals surface area contributed by atoms with Gasteiger partial charge < -0.3 is 15.8 Å². The molecule has 1 amide bonds. The molecule has 21 heavy (non-hydrogen) atoms. The molecule has 3 N–H and O–H groups in total. The molecule has 1 aromatic rings. The van der Waals surface area contributed by atoms with Crippen LogP contribution in [0.15, 0.2) is 0 Å². The summed E-state index contributed by atoms with van der Waals surface area (Å²) >= 11 is 6.25. The van der Waals surface area contributed by atoms with E-state index >= 15 is 0 Å². The van der Waals surface area contributed by atoms with Crippen molar-refractivity contribution in [3.63, 3.8) is 0 Å². The monoisotopic (exact) mass is 316 g/mol. The van der Waals surface area contributed by atoms with Crippen LogP contribution in [0.5, 0.6) is 0 Å². The molecule has 7 heteroatoms. The summed E-state index contributed by atoms with van der Waals surface area (Å²) in [7, 11) is 1.77. The molecular weight excluding hydrogens is 292 g/mol. The zero-order valence-corrected chi connectivity index (χ0v) is 14.3. The lowest BCUT2D eigenvalue weighted by atomic mass is 10.0. The number of nitrogens with zero attached hydrogens (tertiary/aromatic N) is 2. The minimum atomic E-state index is -0.538. The van der Waals surface area contributed by atoms with Gasteiger partial charge in [-0.2, -0.15) is 5.10 Å². The van der Waals surface area contributed by atoms with Crippen LogP contribution in [-0.4, -0.2) is 28.0 Å². The largest absolute Gasteiger partial charge is 0.444 e. The van der Waals surface area contributed by atoms with Crippen LogP contribution in [0.2, 0.25) is 5.15 Å². The number of halogens is 1. The average molecular weight is 317 g/mol. The van der Waals surface area contributed by atoms with Crippen LogP contribution >= 0.6 is 11.6 Å². The molecule has 0 aliphatic rings. The van der Waals surface area contributed by atoms with E-state index in [4.69, 9.17) is 22.1 Å². The van der Waals surface area contributed by atoms with Crippen molar-refractivity contribution in [1.82, 2.24) is 15.1 Å². The van der Waals surface area contributed by atoms with Crippen LogP contribution in [0.25, 0.3) is 0 Å². The minimum Gasteiger partial charge on any atom is -0.444 e. The van der Waals surface area contributed by atoms with E-state index in [1.54, 1.807) is 32.5 Å². The molecule has 1 aromatic heterocycles. The Hall–Kier alpha value is -1.27. The van der Waals surface area contributed by atoms with Gasteiger partial charge in [-0.15, -0.1) is 0 Å². The standard InChI is InChI=1S/C14H25ClN4O2/c1-8(2)11-10(12(15)19(6)18-11)9(16)7-17-13(20)21-14(3,4)5/h8-9H,7,16H2,1-6H3,(H,17,20). The van der Waals surface area contributed by atoms with Gasteiger partial charge in [0.15, 0.2) is 0 Å². The van der Waals surface area contributed by atoms with Crippen molar-refractivity contribution < 1.29 is 9.53 Å². The zero-order chi connectivity index (χ0) is 16.4. The third-order valence-corrected chi connectivity index (χ3v) is 3.27. The molecule has 6 nitrogen and oxygen atoms in total. The lowest BCUT2D eigenvalue weighted by molar-refractivity contribution is 0.0524. The first-order chi connectivity index (χ1) is 9.53. The maximum atomic E-state index is 11.7. The van der Waals surface area contributed by atoms with E-state index in [-0.39, 0.29) is 12.5 Å². The molecule has 0 bridgehead atoms. The highest BCUT2D eigenvalue weighted by molar-refractivity contribution is 6.30. The molecule has 0 aromatic carbocycles. The maximum absolute atomic E-state index is 11.7. The summed E-state index contributed by atoms with van der Waals surface area (Å²) in [6, 6.07) is -0.434. The van der Waals surface area contributed by atoms with Gasteiger partial charge in [-0.25, -0.2) is 4.79 Å². The Kier molecular flexibility index (Phi) is 5.64. The van der Waals surface area contributed by atoms with Crippen LogP contribution in [0.3, 0.4) is 0 Å². The molecule has 0 spiro atoms. The Morgan fingerprint density at radius 2 is 2.05 bits per heavy atom. The third kappa shape index (κ3) is 4.89. The number of amides is 1. The van der Waals surface area contributed by atoms with Crippen LogP contribution < -0.4 is 11.1 Å². The number of hydrogen-bond donors (Lipinski definition) is 2. The molecule has 0 saturated heterocycles. The van der Waals surface area contributed by atoms with Crippen molar-refractivity contribution in [1.29, 1.82) is 0 Å². The normalized spacial score (nSPS) is 13.4. The van der Waals surface area contributed by atoms with E-state index < -0.39 is 17.7 Å². The number of aromatic nitrogens is 2. The second-order valence-electron chi connectivity index (χ2n) is 6.36. The highest BCUT2D eigenvalue weighted by atomic mass is 35.5. The van der Waals surface area contributed by atoms with Gasteiger partial charge in [0.05, 0.1) is 11.7 Å². The second-order valence-corrected chi connectivity index (χ2v) is 6.72. The molecule has 1 unspecified atom stereocenters. The molecule has 0 radical (unpaired) electrons. The van der Waals surface area contributed by atoms with Crippen LogP contribution in [-0.2, 0) is 11.8 Å². The van der Waals surface area contributed by atoms with Gasteiger partial charge in [0.2, 0.25) is 0 Å². The number of nitrogens with two attached hydrogens (primary N) is 1. The lowest BCUT2D eigenvalue weighted by Gasteiger charge is -2.21. The first-order valence-electron chi connectivity index (χ1n) is 6.97. The predicted molar refractivity (Wildman–Crippen MR) is 83.5 cm³/mol. The number of aryl methyl sites for hydroxylation is 1. The van der Waals surface area contributed by atoms with E-state index in [1.165, 1.54) is 0 Å². The highest BCUT2D eigenvalue weighted by Gasteiger charge is 2.24. The highest BCUT2D eigenvalue weighted by Crippen LogP contribution is 2.29. The van der Waals surface area contributed by atoms with Gasteiger partial charge in [0.25, 0.3) is 0 Å². The Morgan fingerprint density at radius 3 is 2.52 bits per heavy atom. The smallest absolute Gasteiger partial charge is 0.407 e. The summed E-state index contributed by atoms with van der Waals surface area (Å²) in [5, 5.41) is 7.53. The van der Waals surface area contributed by atoms with Crippen LogP contribution in [0, 0.1) is 0 Å². The SMILES string of the molecule is CC(C)c1nn(C)c(Cl)c1C(N)CNC(=O)OC(C)(C)C. The summed E-state index contributed by atoms with van der Waals surface area (Å²) < 4.78 is 6.77. The number of rotatable bonds is 4. The summed E-state index contributed by atoms with van der Waals surface area (Å²) in [5.41, 5.74) is 7.23. The van der Waals surface area contributed by atoms with Gasteiger partial charge in [-0.05, 0) is 26.7 Å². The number of carbonyl (C=O) groups excluding carboxylic acids is 1. The predicted octanol–water partition coefficient (Wildman–Crippen LogP) is 2.72. The maximum Gasteiger partial charge on any atom is 0.407 e. The van der Waals surface area contributed by atoms with Gasteiger partial charge in [0, 0.05) is 19.2 Å². The van der Waals surface area contributed by atoms with Gasteiger partial charge in [0.1, 0.15) is 10.8 Å². The fraction of sp³-hybridized carbons (Fsp3) is 0.714. The lowest BCUT2D eigenvalue weighted by Crippen LogP contribution is -2.36. The van der Waals surface area contributed by atoms with E-state index in [0.29, 0.717) is 5.15 Å². The molecule has 1 atom stereocenters. The number of carbonyl (C=O) groups is 1.